The summed E-state index contributed by atoms with van der Waals surface area (Å²) in [6, 6.07) is 12.5. The SMILES string of the molecule is C1=[N+]C=c2cc3ccccc3cc2=N1. The lowest BCUT2D eigenvalue weighted by Crippen LogP contribution is -2.27. The van der Waals surface area contributed by atoms with Crippen LogP contribution in [0, 0.1) is 0 Å². The molecule has 0 amide bonds. The Balaban J connectivity index is 2.55. The molecule has 0 fully saturated rings. The molecule has 2 aromatic rings. The van der Waals surface area contributed by atoms with Gasteiger partial charge in [-0.25, -0.2) is 0 Å². The smallest absolute Gasteiger partial charge is 0.0616 e. The van der Waals surface area contributed by atoms with Crippen molar-refractivity contribution >= 4 is 23.3 Å². The molecule has 2 aromatic carbocycles. The zero-order valence-electron chi connectivity index (χ0n) is 7.51. The minimum Gasteiger partial charge on any atom is -0.0616 e. The Morgan fingerprint density at radius 1 is 1.00 bits per heavy atom. The second-order valence-electron chi connectivity index (χ2n) is 3.28. The lowest BCUT2D eigenvalue weighted by molar-refractivity contribution is 1.30. The van der Waals surface area contributed by atoms with Crippen molar-refractivity contribution in [1.29, 1.82) is 0 Å². The first-order chi connectivity index (χ1) is 6.93. The van der Waals surface area contributed by atoms with Crippen molar-refractivity contribution in [3.05, 3.63) is 47.0 Å². The lowest BCUT2D eigenvalue weighted by atomic mass is 10.1. The molecule has 0 bridgehead atoms. The zero-order chi connectivity index (χ0) is 9.38. The monoisotopic (exact) mass is 180 g/mol. The number of fused-ring (bicyclic) bond motifs is 2. The van der Waals surface area contributed by atoms with Gasteiger partial charge in [-0.1, -0.05) is 29.3 Å². The summed E-state index contributed by atoms with van der Waals surface area (Å²) in [5, 5.41) is 4.54. The van der Waals surface area contributed by atoms with Gasteiger partial charge in [-0.15, -0.1) is 0 Å². The first kappa shape index (κ1) is 7.44. The van der Waals surface area contributed by atoms with Crippen LogP contribution in [-0.4, -0.2) is 6.34 Å². The molecule has 65 valence electrons. The van der Waals surface area contributed by atoms with Gasteiger partial charge in [-0.05, 0) is 27.9 Å². The zero-order valence-corrected chi connectivity index (χ0v) is 7.51. The maximum absolute atomic E-state index is 4.22. The number of hydrogen-bond acceptors (Lipinski definition) is 2. The van der Waals surface area contributed by atoms with E-state index in [1.165, 1.54) is 10.8 Å². The number of hydrogen-bond donors (Lipinski definition) is 0. The van der Waals surface area contributed by atoms with E-state index in [9.17, 15) is 0 Å². The summed E-state index contributed by atoms with van der Waals surface area (Å²) in [5.41, 5.74) is 0. The fraction of sp³-hybridized carbons (Fsp3) is 0. The van der Waals surface area contributed by atoms with Crippen LogP contribution in [0.1, 0.15) is 0 Å². The number of benzene rings is 2. The molecule has 2 nitrogen and oxygen atoms in total. The van der Waals surface area contributed by atoms with Crippen LogP contribution in [0.15, 0.2) is 41.4 Å². The number of nitrogens with zero attached hydrogens (tertiary/aromatic N) is 2. The van der Waals surface area contributed by atoms with E-state index >= 15 is 0 Å². The van der Waals surface area contributed by atoms with Crippen molar-refractivity contribution < 1.29 is 0 Å². The molecule has 1 radical (unpaired) electrons. The highest BCUT2D eigenvalue weighted by Crippen LogP contribution is 2.07. The van der Waals surface area contributed by atoms with E-state index in [0.29, 0.717) is 0 Å². The highest BCUT2D eigenvalue weighted by molar-refractivity contribution is 5.82. The minimum absolute atomic E-state index is 0.999. The lowest BCUT2D eigenvalue weighted by Gasteiger charge is -1.94. The summed E-state index contributed by atoms with van der Waals surface area (Å²) < 4.78 is 0. The number of rotatable bonds is 0. The molecule has 0 spiro atoms. The topological polar surface area (TPSA) is 26.5 Å². The van der Waals surface area contributed by atoms with Gasteiger partial charge < -0.3 is 0 Å². The Morgan fingerprint density at radius 2 is 1.79 bits per heavy atom. The normalized spacial score (nSPS) is 13.1. The fourth-order valence-corrected chi connectivity index (χ4v) is 1.67. The summed E-state index contributed by atoms with van der Waals surface area (Å²) in [7, 11) is 0. The Kier molecular flexibility index (Phi) is 1.47. The van der Waals surface area contributed by atoms with Crippen molar-refractivity contribution in [2.45, 2.75) is 0 Å². The van der Waals surface area contributed by atoms with Crippen molar-refractivity contribution in [3.8, 4) is 0 Å². The third-order valence-electron chi connectivity index (χ3n) is 2.37. The van der Waals surface area contributed by atoms with Crippen LogP contribution < -0.4 is 15.6 Å². The molecule has 0 aromatic heterocycles. The molecule has 1 aliphatic rings. The molecular formula is C12H8N2+. The predicted molar refractivity (Wildman–Crippen MR) is 57.4 cm³/mol. The predicted octanol–water partition coefficient (Wildman–Crippen LogP) is 0.575. The maximum Gasteiger partial charge on any atom is 0.327 e. The van der Waals surface area contributed by atoms with Crippen LogP contribution in [0.2, 0.25) is 0 Å². The molecule has 0 saturated carbocycles. The fourth-order valence-electron chi connectivity index (χ4n) is 1.67. The first-order valence-electron chi connectivity index (χ1n) is 4.52. The van der Waals surface area contributed by atoms with Crippen LogP contribution >= 0.6 is 0 Å². The van der Waals surface area contributed by atoms with Crippen LogP contribution in [0.3, 0.4) is 0 Å². The van der Waals surface area contributed by atoms with Crippen molar-refractivity contribution in [3.63, 3.8) is 0 Å². The van der Waals surface area contributed by atoms with E-state index in [2.05, 4.69) is 34.3 Å². The van der Waals surface area contributed by atoms with Gasteiger partial charge in [0, 0.05) is 0 Å². The molecule has 1 heterocycles. The van der Waals surface area contributed by atoms with E-state index in [-0.39, 0.29) is 0 Å². The Labute approximate surface area is 80.9 Å². The van der Waals surface area contributed by atoms with E-state index < -0.39 is 0 Å². The Morgan fingerprint density at radius 3 is 2.64 bits per heavy atom. The van der Waals surface area contributed by atoms with Crippen molar-refractivity contribution in [2.75, 3.05) is 0 Å². The average molecular weight is 180 g/mol. The maximum atomic E-state index is 4.22. The van der Waals surface area contributed by atoms with Crippen LogP contribution in [-0.2, 0) is 0 Å². The van der Waals surface area contributed by atoms with Crippen molar-refractivity contribution in [2.24, 2.45) is 4.99 Å². The van der Waals surface area contributed by atoms with Gasteiger partial charge in [0.15, 0.2) is 11.6 Å². The van der Waals surface area contributed by atoms with Gasteiger partial charge in [0.25, 0.3) is 0 Å². The molecule has 0 saturated heterocycles. The second kappa shape index (κ2) is 2.77. The van der Waals surface area contributed by atoms with Crippen LogP contribution in [0.5, 0.6) is 0 Å². The summed E-state index contributed by atoms with van der Waals surface area (Å²) in [6.07, 6.45) is 3.42. The Bertz CT molecular complexity index is 582. The third kappa shape index (κ3) is 1.04. The number of aliphatic imine (C=N–C) groups is 1. The van der Waals surface area contributed by atoms with Crippen LogP contribution in [0.4, 0.5) is 0 Å². The van der Waals surface area contributed by atoms with Gasteiger partial charge in [0.2, 0.25) is 0 Å². The molecule has 14 heavy (non-hydrogen) atoms. The van der Waals surface area contributed by atoms with E-state index in [1.807, 2.05) is 18.3 Å². The molecule has 2 heteroatoms. The third-order valence-corrected chi connectivity index (χ3v) is 2.37. The summed E-state index contributed by atoms with van der Waals surface area (Å²) in [4.78, 5) is 8.23. The first-order valence-corrected chi connectivity index (χ1v) is 4.52. The van der Waals surface area contributed by atoms with Gasteiger partial charge >= 0.3 is 6.34 Å². The summed E-state index contributed by atoms with van der Waals surface area (Å²) in [6.45, 7) is 0. The molecule has 0 atom stereocenters. The molecule has 3 rings (SSSR count). The second-order valence-corrected chi connectivity index (χ2v) is 3.28. The van der Waals surface area contributed by atoms with Gasteiger partial charge in [0.1, 0.15) is 0 Å². The minimum atomic E-state index is 0.999. The van der Waals surface area contributed by atoms with Gasteiger partial charge in [0.05, 0.1) is 5.22 Å². The standard InChI is InChI=1S/C12H8N2/c1-2-4-10-6-12-11(5-9(10)3-1)7-13-8-14-12/h1-8H/q+1. The summed E-state index contributed by atoms with van der Waals surface area (Å²) in [5.74, 6) is 0. The molecule has 1 aliphatic heterocycles. The average Bonchev–Trinajstić information content (AvgIpc) is 2.26. The molecule has 0 N–H and O–H groups in total. The van der Waals surface area contributed by atoms with Gasteiger partial charge in [-0.3, -0.25) is 0 Å². The molecule has 0 unspecified atom stereocenters. The molecule has 0 aliphatic carbocycles. The van der Waals surface area contributed by atoms with E-state index in [0.717, 1.165) is 10.6 Å². The van der Waals surface area contributed by atoms with Crippen molar-refractivity contribution in [1.82, 2.24) is 4.99 Å². The van der Waals surface area contributed by atoms with Gasteiger partial charge in [-0.2, -0.15) is 0 Å². The Hall–Kier alpha value is -1.96. The highest BCUT2D eigenvalue weighted by atomic mass is 14.9. The largest absolute Gasteiger partial charge is 0.327 e. The van der Waals surface area contributed by atoms with Crippen LogP contribution in [0.25, 0.3) is 17.0 Å². The van der Waals surface area contributed by atoms with E-state index in [1.54, 1.807) is 6.34 Å². The summed E-state index contributed by atoms with van der Waals surface area (Å²) >= 11 is 0. The highest BCUT2D eigenvalue weighted by Gasteiger charge is 2.01. The quantitative estimate of drug-likeness (QED) is 0.567. The molecular weight excluding hydrogens is 172 g/mol. The van der Waals surface area contributed by atoms with E-state index in [4.69, 9.17) is 0 Å².